The molecule has 134 valence electrons. The Balaban J connectivity index is 1.57. The second-order valence-electron chi connectivity index (χ2n) is 6.16. The predicted molar refractivity (Wildman–Crippen MR) is 90.9 cm³/mol. The van der Waals surface area contributed by atoms with Gasteiger partial charge in [-0.2, -0.15) is 0 Å². The molecule has 2 fully saturated rings. The lowest BCUT2D eigenvalue weighted by atomic mass is 10.1. The van der Waals surface area contributed by atoms with E-state index in [4.69, 9.17) is 8.83 Å². The maximum Gasteiger partial charge on any atom is 0.331 e. The van der Waals surface area contributed by atoms with Crippen molar-refractivity contribution in [1.29, 1.82) is 0 Å². The molecular weight excluding hydrogens is 338 g/mol. The van der Waals surface area contributed by atoms with Crippen LogP contribution in [0.3, 0.4) is 0 Å². The van der Waals surface area contributed by atoms with Gasteiger partial charge < -0.3 is 13.7 Å². The summed E-state index contributed by atoms with van der Waals surface area (Å²) in [5, 5.41) is 2.17. The molecule has 2 aliphatic rings. The van der Waals surface area contributed by atoms with E-state index >= 15 is 0 Å². The van der Waals surface area contributed by atoms with Crippen LogP contribution < -0.4 is 10.2 Å². The molecule has 4 heterocycles. The molecule has 0 aromatic carbocycles. The van der Waals surface area contributed by atoms with Gasteiger partial charge in [0.1, 0.15) is 17.1 Å². The topological polar surface area (TPSA) is 96.0 Å². The summed E-state index contributed by atoms with van der Waals surface area (Å²) >= 11 is 0. The number of hydrogen-bond donors (Lipinski definition) is 1. The van der Waals surface area contributed by atoms with Gasteiger partial charge in [-0.15, -0.1) is 0 Å². The number of imide groups is 2. The number of furan rings is 2. The minimum absolute atomic E-state index is 0.0561. The zero-order valence-electron chi connectivity index (χ0n) is 13.9. The summed E-state index contributed by atoms with van der Waals surface area (Å²) in [4.78, 5) is 39.8. The van der Waals surface area contributed by atoms with E-state index in [-0.39, 0.29) is 12.1 Å². The van der Waals surface area contributed by atoms with Gasteiger partial charge in [-0.05, 0) is 37.1 Å². The monoisotopic (exact) mass is 355 g/mol. The van der Waals surface area contributed by atoms with Crippen LogP contribution in [0.4, 0.5) is 10.7 Å². The number of rotatable bonds is 4. The van der Waals surface area contributed by atoms with Gasteiger partial charge in [0.05, 0.1) is 12.8 Å². The predicted octanol–water partition coefficient (Wildman–Crippen LogP) is 2.13. The van der Waals surface area contributed by atoms with Gasteiger partial charge in [0.15, 0.2) is 5.88 Å². The van der Waals surface area contributed by atoms with Crippen molar-refractivity contribution in [3.05, 3.63) is 47.6 Å². The van der Waals surface area contributed by atoms with Crippen LogP contribution in [0.5, 0.6) is 0 Å². The molecule has 4 rings (SSSR count). The average molecular weight is 355 g/mol. The number of nitrogens with one attached hydrogen (secondary N) is 1. The van der Waals surface area contributed by atoms with Gasteiger partial charge >= 0.3 is 6.03 Å². The highest BCUT2D eigenvalue weighted by molar-refractivity contribution is 6.30. The molecule has 4 amide bonds. The molecule has 8 nitrogen and oxygen atoms in total. The van der Waals surface area contributed by atoms with Gasteiger partial charge in [0.2, 0.25) is 0 Å². The Hall–Kier alpha value is -3.29. The summed E-state index contributed by atoms with van der Waals surface area (Å²) in [6.45, 7) is 1.79. The molecule has 0 bridgehead atoms. The molecule has 8 heteroatoms. The minimum atomic E-state index is -0.772. The van der Waals surface area contributed by atoms with Gasteiger partial charge in [-0.1, -0.05) is 0 Å². The summed E-state index contributed by atoms with van der Waals surface area (Å²) in [5.41, 5.74) is -0.154. The Bertz CT molecular complexity index is 875. The van der Waals surface area contributed by atoms with Crippen LogP contribution in [-0.4, -0.2) is 35.8 Å². The van der Waals surface area contributed by atoms with E-state index in [0.29, 0.717) is 17.4 Å². The zero-order valence-corrected chi connectivity index (χ0v) is 13.9. The van der Waals surface area contributed by atoms with E-state index in [0.717, 1.165) is 30.8 Å². The van der Waals surface area contributed by atoms with Crippen molar-refractivity contribution >= 4 is 29.8 Å². The maximum absolute atomic E-state index is 12.6. The first-order chi connectivity index (χ1) is 12.6. The SMILES string of the molecule is O=C1NC(=O)N(Cc2ccco2)C(=O)C1=Cc1ccc(N2CCCC2)o1. The molecule has 0 spiro atoms. The summed E-state index contributed by atoms with van der Waals surface area (Å²) in [6, 6.07) is 6.05. The van der Waals surface area contributed by atoms with Crippen molar-refractivity contribution in [2.75, 3.05) is 18.0 Å². The van der Waals surface area contributed by atoms with Crippen molar-refractivity contribution in [3.8, 4) is 0 Å². The number of barbiturate groups is 1. The Morgan fingerprint density at radius 3 is 2.65 bits per heavy atom. The van der Waals surface area contributed by atoms with Gasteiger partial charge in [0.25, 0.3) is 11.8 Å². The smallest absolute Gasteiger partial charge is 0.331 e. The number of carbonyl (C=O) groups excluding carboxylic acids is 3. The molecule has 2 aromatic rings. The lowest BCUT2D eigenvalue weighted by Gasteiger charge is -2.25. The van der Waals surface area contributed by atoms with Crippen LogP contribution in [0.1, 0.15) is 24.4 Å². The fourth-order valence-corrected chi connectivity index (χ4v) is 3.07. The van der Waals surface area contributed by atoms with Crippen molar-refractivity contribution in [1.82, 2.24) is 10.2 Å². The third kappa shape index (κ3) is 3.01. The highest BCUT2D eigenvalue weighted by atomic mass is 16.4. The fraction of sp³-hybridized carbons (Fsp3) is 0.278. The lowest BCUT2D eigenvalue weighted by molar-refractivity contribution is -0.130. The summed E-state index contributed by atoms with van der Waals surface area (Å²) < 4.78 is 10.9. The molecule has 0 saturated carbocycles. The zero-order chi connectivity index (χ0) is 18.1. The Kier molecular flexibility index (Phi) is 4.08. The van der Waals surface area contributed by atoms with Crippen molar-refractivity contribution < 1.29 is 23.2 Å². The van der Waals surface area contributed by atoms with Crippen molar-refractivity contribution in [3.63, 3.8) is 0 Å². The standard InChI is InChI=1S/C18H17N3O5/c22-16-14(10-12-5-6-15(26-12)20-7-1-2-8-20)17(23)21(18(24)19-16)11-13-4-3-9-25-13/h3-6,9-10H,1-2,7-8,11H2,(H,19,22,24). The largest absolute Gasteiger partial charge is 0.467 e. The van der Waals surface area contributed by atoms with Crippen LogP contribution in [0.2, 0.25) is 0 Å². The van der Waals surface area contributed by atoms with E-state index in [9.17, 15) is 14.4 Å². The number of urea groups is 1. The van der Waals surface area contributed by atoms with Gasteiger partial charge in [0, 0.05) is 19.2 Å². The second-order valence-corrected chi connectivity index (χ2v) is 6.16. The molecule has 2 saturated heterocycles. The molecule has 2 aromatic heterocycles. The van der Waals surface area contributed by atoms with Crippen LogP contribution in [0.25, 0.3) is 6.08 Å². The van der Waals surface area contributed by atoms with Crippen molar-refractivity contribution in [2.45, 2.75) is 19.4 Å². The number of anilines is 1. The number of hydrogen-bond acceptors (Lipinski definition) is 6. The summed E-state index contributed by atoms with van der Waals surface area (Å²) in [5.74, 6) is 0.111. The van der Waals surface area contributed by atoms with Gasteiger partial charge in [-0.25, -0.2) is 4.79 Å². The molecule has 0 aliphatic carbocycles. The summed E-state index contributed by atoms with van der Waals surface area (Å²) in [6.07, 6.45) is 5.04. The minimum Gasteiger partial charge on any atom is -0.467 e. The molecule has 0 atom stereocenters. The van der Waals surface area contributed by atoms with Crippen LogP contribution in [-0.2, 0) is 16.1 Å². The number of nitrogens with zero attached hydrogens (tertiary/aromatic N) is 2. The number of amides is 4. The van der Waals surface area contributed by atoms with Crippen LogP contribution in [0.15, 0.2) is 44.9 Å². The fourth-order valence-electron chi connectivity index (χ4n) is 3.07. The summed E-state index contributed by atoms with van der Waals surface area (Å²) in [7, 11) is 0. The van der Waals surface area contributed by atoms with E-state index in [1.165, 1.54) is 12.3 Å². The Morgan fingerprint density at radius 1 is 1.12 bits per heavy atom. The van der Waals surface area contributed by atoms with E-state index < -0.39 is 17.8 Å². The van der Waals surface area contributed by atoms with Crippen LogP contribution >= 0.6 is 0 Å². The maximum atomic E-state index is 12.6. The molecule has 0 radical (unpaired) electrons. The second kappa shape index (κ2) is 6.55. The van der Waals surface area contributed by atoms with Crippen molar-refractivity contribution in [2.24, 2.45) is 0 Å². The third-order valence-corrected chi connectivity index (χ3v) is 4.40. The highest BCUT2D eigenvalue weighted by Crippen LogP contribution is 2.25. The van der Waals surface area contributed by atoms with Gasteiger partial charge in [-0.3, -0.25) is 19.8 Å². The van der Waals surface area contributed by atoms with E-state index in [1.54, 1.807) is 18.2 Å². The Morgan fingerprint density at radius 2 is 1.92 bits per heavy atom. The average Bonchev–Trinajstić information content (AvgIpc) is 3.37. The first kappa shape index (κ1) is 16.2. The number of carbonyl (C=O) groups is 3. The molecule has 26 heavy (non-hydrogen) atoms. The quantitative estimate of drug-likeness (QED) is 0.667. The lowest BCUT2D eigenvalue weighted by Crippen LogP contribution is -2.53. The molecular formula is C18H17N3O5. The first-order valence-corrected chi connectivity index (χ1v) is 8.38. The van der Waals surface area contributed by atoms with Crippen LogP contribution in [0, 0.1) is 0 Å². The first-order valence-electron chi connectivity index (χ1n) is 8.38. The molecule has 0 unspecified atom stereocenters. The third-order valence-electron chi connectivity index (χ3n) is 4.40. The van der Waals surface area contributed by atoms with E-state index in [1.807, 2.05) is 6.07 Å². The highest BCUT2D eigenvalue weighted by Gasteiger charge is 2.36. The normalized spacial score (nSPS) is 19.5. The molecule has 1 N–H and O–H groups in total. The molecule has 2 aliphatic heterocycles. The van der Waals surface area contributed by atoms with E-state index in [2.05, 4.69) is 10.2 Å². The Labute approximate surface area is 149 Å².